The maximum atomic E-state index is 13.4. The molecule has 2 aliphatic rings. The summed E-state index contributed by atoms with van der Waals surface area (Å²) in [5.41, 5.74) is 0.822. The number of hydrogen-bond donors (Lipinski definition) is 0. The number of carbonyl (C=O) groups excluding carboxylic acids is 1. The summed E-state index contributed by atoms with van der Waals surface area (Å²) in [6, 6.07) is 5.25. The minimum absolute atomic E-state index is 0.0439. The summed E-state index contributed by atoms with van der Waals surface area (Å²) in [6.07, 6.45) is 2.95. The Bertz CT molecular complexity index is 1160. The van der Waals surface area contributed by atoms with Crippen molar-refractivity contribution in [2.75, 3.05) is 31.1 Å². The van der Waals surface area contributed by atoms with Gasteiger partial charge in [0.25, 0.3) is 5.91 Å². The summed E-state index contributed by atoms with van der Waals surface area (Å²) in [5.74, 6) is -0.748. The van der Waals surface area contributed by atoms with Gasteiger partial charge in [0, 0.05) is 44.5 Å². The molecule has 2 bridgehead atoms. The van der Waals surface area contributed by atoms with E-state index in [2.05, 4.69) is 9.88 Å². The molecule has 0 saturated carbocycles. The molecule has 2 fully saturated rings. The fourth-order valence-electron chi connectivity index (χ4n) is 4.75. The number of piperazine rings is 1. The van der Waals surface area contributed by atoms with Gasteiger partial charge >= 0.3 is 0 Å². The second kappa shape index (κ2) is 9.37. The molecule has 4 rings (SSSR count). The summed E-state index contributed by atoms with van der Waals surface area (Å²) in [6.45, 7) is 5.13. The van der Waals surface area contributed by atoms with E-state index in [0.717, 1.165) is 18.9 Å². The standard InChI is InChI=1S/C22H25Cl2FN4O3S/c1-3-28(4-2)33(31,32)17-10-20(21(24)26-11-17)29-15-6-7-16(29)13-27(12-15)22(30)18-8-5-14(25)9-19(18)23/h5,8-11,15-16H,3-4,6-7,12-13H2,1-2H3/t15-,16+. The number of anilines is 1. The lowest BCUT2D eigenvalue weighted by Crippen LogP contribution is -2.55. The number of hydrogen-bond acceptors (Lipinski definition) is 5. The van der Waals surface area contributed by atoms with Gasteiger partial charge in [-0.2, -0.15) is 4.31 Å². The number of pyridine rings is 1. The summed E-state index contributed by atoms with van der Waals surface area (Å²) in [7, 11) is -3.69. The van der Waals surface area contributed by atoms with E-state index < -0.39 is 15.8 Å². The molecule has 7 nitrogen and oxygen atoms in total. The summed E-state index contributed by atoms with van der Waals surface area (Å²) in [4.78, 5) is 21.1. The Labute approximate surface area is 203 Å². The lowest BCUT2D eigenvalue weighted by atomic mass is 10.1. The third-order valence-corrected chi connectivity index (χ3v) is 8.97. The highest BCUT2D eigenvalue weighted by Gasteiger charge is 2.43. The Morgan fingerprint density at radius 1 is 1.15 bits per heavy atom. The van der Waals surface area contributed by atoms with Crippen LogP contribution < -0.4 is 4.90 Å². The van der Waals surface area contributed by atoms with Gasteiger partial charge in [-0.25, -0.2) is 17.8 Å². The van der Waals surface area contributed by atoms with Crippen molar-refractivity contribution < 1.29 is 17.6 Å². The van der Waals surface area contributed by atoms with Crippen LogP contribution in [0.4, 0.5) is 10.1 Å². The molecule has 178 valence electrons. The van der Waals surface area contributed by atoms with E-state index in [1.54, 1.807) is 24.8 Å². The number of amides is 1. The average molecular weight is 515 g/mol. The lowest BCUT2D eigenvalue weighted by Gasteiger charge is -2.42. The van der Waals surface area contributed by atoms with Crippen molar-refractivity contribution in [2.45, 2.75) is 43.7 Å². The molecular weight excluding hydrogens is 490 g/mol. The van der Waals surface area contributed by atoms with E-state index in [1.165, 1.54) is 22.6 Å². The van der Waals surface area contributed by atoms with Crippen LogP contribution in [0.25, 0.3) is 0 Å². The SMILES string of the molecule is CCN(CC)S(=O)(=O)c1cnc(Cl)c(N2[C@@H]3CC[C@H]2CN(C(=O)c2ccc(F)cc2Cl)C3)c1. The monoisotopic (exact) mass is 514 g/mol. The Kier molecular flexibility index (Phi) is 6.87. The van der Waals surface area contributed by atoms with E-state index in [-0.39, 0.29) is 38.6 Å². The number of rotatable bonds is 6. The fraction of sp³-hybridized carbons (Fsp3) is 0.455. The molecule has 2 aliphatic heterocycles. The van der Waals surface area contributed by atoms with Crippen LogP contribution in [0, 0.1) is 5.82 Å². The van der Waals surface area contributed by atoms with Gasteiger partial charge in [-0.15, -0.1) is 0 Å². The predicted octanol–water partition coefficient (Wildman–Crippen LogP) is 4.05. The Morgan fingerprint density at radius 2 is 1.79 bits per heavy atom. The van der Waals surface area contributed by atoms with Crippen molar-refractivity contribution >= 4 is 44.8 Å². The van der Waals surface area contributed by atoms with Crippen LogP contribution >= 0.6 is 23.2 Å². The molecule has 2 aromatic rings. The summed E-state index contributed by atoms with van der Waals surface area (Å²) < 4.78 is 40.8. The van der Waals surface area contributed by atoms with Gasteiger partial charge in [-0.3, -0.25) is 4.79 Å². The Balaban J connectivity index is 1.61. The molecule has 0 unspecified atom stereocenters. The molecule has 11 heteroatoms. The summed E-state index contributed by atoms with van der Waals surface area (Å²) >= 11 is 12.5. The van der Waals surface area contributed by atoms with E-state index in [1.807, 2.05) is 0 Å². The topological polar surface area (TPSA) is 73.8 Å². The van der Waals surface area contributed by atoms with E-state index in [9.17, 15) is 17.6 Å². The van der Waals surface area contributed by atoms with E-state index in [0.29, 0.717) is 31.9 Å². The number of nitrogens with zero attached hydrogens (tertiary/aromatic N) is 4. The zero-order chi connectivity index (χ0) is 23.9. The molecule has 0 aliphatic carbocycles. The normalized spacial score (nSPS) is 20.5. The first-order chi connectivity index (χ1) is 15.7. The number of aromatic nitrogens is 1. The lowest BCUT2D eigenvalue weighted by molar-refractivity contribution is 0.0718. The molecule has 1 amide bonds. The third kappa shape index (κ3) is 4.43. The van der Waals surface area contributed by atoms with Gasteiger partial charge in [0.1, 0.15) is 10.7 Å². The molecule has 33 heavy (non-hydrogen) atoms. The van der Waals surface area contributed by atoms with Crippen molar-refractivity contribution in [1.29, 1.82) is 0 Å². The average Bonchev–Trinajstić information content (AvgIpc) is 3.02. The maximum absolute atomic E-state index is 13.4. The van der Waals surface area contributed by atoms with Crippen molar-refractivity contribution in [3.63, 3.8) is 0 Å². The van der Waals surface area contributed by atoms with Crippen LogP contribution in [0.3, 0.4) is 0 Å². The van der Waals surface area contributed by atoms with Crippen molar-refractivity contribution in [1.82, 2.24) is 14.2 Å². The second-order valence-corrected chi connectivity index (χ2v) is 10.9. The largest absolute Gasteiger partial charge is 0.359 e. The van der Waals surface area contributed by atoms with Gasteiger partial charge < -0.3 is 9.80 Å². The first-order valence-electron chi connectivity index (χ1n) is 10.9. The molecule has 2 atom stereocenters. The zero-order valence-corrected chi connectivity index (χ0v) is 20.7. The highest BCUT2D eigenvalue weighted by molar-refractivity contribution is 7.89. The first kappa shape index (κ1) is 24.2. The fourth-order valence-corrected chi connectivity index (χ4v) is 6.62. The molecule has 0 spiro atoms. The van der Waals surface area contributed by atoms with Crippen LogP contribution in [-0.2, 0) is 10.0 Å². The maximum Gasteiger partial charge on any atom is 0.255 e. The molecular formula is C22H25Cl2FN4O3S. The number of carbonyl (C=O) groups is 1. The molecule has 3 heterocycles. The molecule has 1 aromatic carbocycles. The minimum Gasteiger partial charge on any atom is -0.359 e. The van der Waals surface area contributed by atoms with Crippen LogP contribution in [0.2, 0.25) is 10.2 Å². The van der Waals surface area contributed by atoms with Crippen molar-refractivity contribution in [2.24, 2.45) is 0 Å². The molecule has 0 N–H and O–H groups in total. The smallest absolute Gasteiger partial charge is 0.255 e. The van der Waals surface area contributed by atoms with Crippen LogP contribution in [0.15, 0.2) is 35.4 Å². The van der Waals surface area contributed by atoms with Gasteiger partial charge in [0.15, 0.2) is 5.15 Å². The second-order valence-electron chi connectivity index (χ2n) is 8.20. The van der Waals surface area contributed by atoms with Crippen LogP contribution in [-0.4, -0.2) is 66.8 Å². The van der Waals surface area contributed by atoms with Crippen LogP contribution in [0.5, 0.6) is 0 Å². The molecule has 1 aromatic heterocycles. The molecule has 2 saturated heterocycles. The predicted molar refractivity (Wildman–Crippen MR) is 126 cm³/mol. The Morgan fingerprint density at radius 3 is 2.36 bits per heavy atom. The quantitative estimate of drug-likeness (QED) is 0.543. The van der Waals surface area contributed by atoms with E-state index >= 15 is 0 Å². The zero-order valence-electron chi connectivity index (χ0n) is 18.3. The van der Waals surface area contributed by atoms with Crippen molar-refractivity contribution in [3.8, 4) is 0 Å². The number of halogens is 3. The van der Waals surface area contributed by atoms with E-state index in [4.69, 9.17) is 23.2 Å². The first-order valence-corrected chi connectivity index (χ1v) is 13.0. The Hall–Kier alpha value is -1.94. The highest BCUT2D eigenvalue weighted by atomic mass is 35.5. The van der Waals surface area contributed by atoms with Gasteiger partial charge in [0.05, 0.1) is 16.3 Å². The minimum atomic E-state index is -3.69. The number of fused-ring (bicyclic) bond motifs is 2. The molecule has 0 radical (unpaired) electrons. The number of benzene rings is 1. The van der Waals surface area contributed by atoms with Crippen molar-refractivity contribution in [3.05, 3.63) is 52.0 Å². The summed E-state index contributed by atoms with van der Waals surface area (Å²) in [5, 5.41) is 0.308. The number of sulfonamides is 1. The number of likely N-dealkylation sites (tertiary alicyclic amines) is 1. The van der Waals surface area contributed by atoms with Gasteiger partial charge in [-0.1, -0.05) is 37.0 Å². The van der Waals surface area contributed by atoms with Crippen LogP contribution in [0.1, 0.15) is 37.0 Å². The van der Waals surface area contributed by atoms with Gasteiger partial charge in [-0.05, 0) is 37.1 Å². The highest BCUT2D eigenvalue weighted by Crippen LogP contribution is 2.39. The van der Waals surface area contributed by atoms with Gasteiger partial charge in [0.2, 0.25) is 10.0 Å². The third-order valence-electron chi connectivity index (χ3n) is 6.35.